The zero-order valence-corrected chi connectivity index (χ0v) is 19.1. The Morgan fingerprint density at radius 2 is 1.94 bits per heavy atom. The number of nitrogens with zero attached hydrogens (tertiary/aromatic N) is 2. The lowest BCUT2D eigenvalue weighted by Crippen LogP contribution is -2.46. The summed E-state index contributed by atoms with van der Waals surface area (Å²) in [5, 5.41) is 4.15. The first-order valence-electron chi connectivity index (χ1n) is 11.6. The summed E-state index contributed by atoms with van der Waals surface area (Å²) in [6.07, 6.45) is 4.43. The molecule has 0 bridgehead atoms. The van der Waals surface area contributed by atoms with E-state index in [2.05, 4.69) is 33.5 Å². The summed E-state index contributed by atoms with van der Waals surface area (Å²) < 4.78 is 5.41. The molecule has 0 aliphatic carbocycles. The number of methoxy groups -OCH3 is 1. The van der Waals surface area contributed by atoms with Crippen LogP contribution >= 0.6 is 0 Å². The van der Waals surface area contributed by atoms with Gasteiger partial charge in [0, 0.05) is 29.6 Å². The van der Waals surface area contributed by atoms with Gasteiger partial charge in [-0.15, -0.1) is 0 Å². The third kappa shape index (κ3) is 4.20. The fraction of sp³-hybridized carbons (Fsp3) is 0.385. The van der Waals surface area contributed by atoms with Crippen LogP contribution in [0.3, 0.4) is 0 Å². The van der Waals surface area contributed by atoms with Gasteiger partial charge in [0.15, 0.2) is 0 Å². The predicted octanol–water partition coefficient (Wildman–Crippen LogP) is 4.12. The number of piperidine rings is 1. The van der Waals surface area contributed by atoms with E-state index in [1.165, 1.54) is 10.9 Å². The van der Waals surface area contributed by atoms with Gasteiger partial charge in [0.2, 0.25) is 11.8 Å². The molecule has 2 aromatic carbocycles. The van der Waals surface area contributed by atoms with Crippen LogP contribution in [0.4, 0.5) is 11.4 Å². The van der Waals surface area contributed by atoms with Crippen LogP contribution in [0.15, 0.2) is 48.7 Å². The molecule has 1 aromatic heterocycles. The molecule has 2 amide bonds. The molecule has 2 aliphatic heterocycles. The summed E-state index contributed by atoms with van der Waals surface area (Å²) in [4.78, 5) is 33.0. The number of aromatic amines is 1. The van der Waals surface area contributed by atoms with Gasteiger partial charge in [-0.25, -0.2) is 0 Å². The lowest BCUT2D eigenvalue weighted by molar-refractivity contribution is -0.120. The average molecular weight is 447 g/mol. The van der Waals surface area contributed by atoms with Crippen molar-refractivity contribution in [3.05, 3.63) is 54.2 Å². The van der Waals surface area contributed by atoms with Gasteiger partial charge < -0.3 is 19.9 Å². The molecule has 3 aromatic rings. The highest BCUT2D eigenvalue weighted by atomic mass is 16.5. The number of rotatable bonds is 4. The molecule has 1 saturated heterocycles. The first kappa shape index (κ1) is 21.5. The third-order valence-electron chi connectivity index (χ3n) is 6.94. The number of amides is 2. The minimum atomic E-state index is -0.181. The van der Waals surface area contributed by atoms with Crippen molar-refractivity contribution in [1.29, 1.82) is 0 Å². The summed E-state index contributed by atoms with van der Waals surface area (Å²) in [6, 6.07) is 13.5. The number of hydrogen-bond donors (Lipinski definition) is 2. The lowest BCUT2D eigenvalue weighted by atomic mass is 9.89. The monoisotopic (exact) mass is 446 g/mol. The van der Waals surface area contributed by atoms with Gasteiger partial charge in [-0.2, -0.15) is 0 Å². The third-order valence-corrected chi connectivity index (χ3v) is 6.94. The molecule has 5 rings (SSSR count). The molecule has 7 heteroatoms. The summed E-state index contributed by atoms with van der Waals surface area (Å²) in [5.74, 6) is 1.31. The Kier molecular flexibility index (Phi) is 5.81. The van der Waals surface area contributed by atoms with Gasteiger partial charge >= 0.3 is 0 Å². The summed E-state index contributed by atoms with van der Waals surface area (Å²) in [7, 11) is 1.69. The van der Waals surface area contributed by atoms with Gasteiger partial charge in [0.25, 0.3) is 0 Å². The summed E-state index contributed by atoms with van der Waals surface area (Å²) in [6.45, 7) is 4.04. The summed E-state index contributed by atoms with van der Waals surface area (Å²) in [5.41, 5.74) is 3.94. The predicted molar refractivity (Wildman–Crippen MR) is 130 cm³/mol. The Morgan fingerprint density at radius 1 is 1.15 bits per heavy atom. The molecule has 1 fully saturated rings. The van der Waals surface area contributed by atoms with Crippen molar-refractivity contribution in [3.63, 3.8) is 0 Å². The number of fused-ring (bicyclic) bond motifs is 2. The Labute approximate surface area is 193 Å². The largest absolute Gasteiger partial charge is 0.497 e. The Balaban J connectivity index is 1.27. The van der Waals surface area contributed by atoms with Gasteiger partial charge in [-0.3, -0.25) is 14.5 Å². The number of para-hydroxylation sites is 2. The number of carbonyl (C=O) groups excluding carboxylic acids is 2. The normalized spacial score (nSPS) is 19.8. The van der Waals surface area contributed by atoms with Crippen molar-refractivity contribution < 1.29 is 14.3 Å². The highest BCUT2D eigenvalue weighted by Crippen LogP contribution is 2.35. The fourth-order valence-corrected chi connectivity index (χ4v) is 5.22. The van der Waals surface area contributed by atoms with Crippen molar-refractivity contribution in [3.8, 4) is 5.75 Å². The quantitative estimate of drug-likeness (QED) is 0.632. The molecule has 33 heavy (non-hydrogen) atoms. The van der Waals surface area contributed by atoms with Gasteiger partial charge in [-0.1, -0.05) is 12.1 Å². The van der Waals surface area contributed by atoms with E-state index in [-0.39, 0.29) is 17.9 Å². The van der Waals surface area contributed by atoms with E-state index >= 15 is 0 Å². The van der Waals surface area contributed by atoms with Crippen LogP contribution in [-0.4, -0.2) is 54.5 Å². The zero-order valence-electron chi connectivity index (χ0n) is 19.1. The fourth-order valence-electron chi connectivity index (χ4n) is 5.22. The van der Waals surface area contributed by atoms with Crippen LogP contribution < -0.4 is 15.0 Å². The first-order chi connectivity index (χ1) is 16.0. The van der Waals surface area contributed by atoms with E-state index in [1.54, 1.807) is 12.0 Å². The molecular weight excluding hydrogens is 416 g/mol. The Morgan fingerprint density at radius 3 is 2.73 bits per heavy atom. The molecule has 1 unspecified atom stereocenters. The SMILES string of the molecule is COc1ccc2[nH]cc(C3CCN(CC(=O)N4c5ccccc5NC(=O)CC4C)CC3)c2c1. The highest BCUT2D eigenvalue weighted by Gasteiger charge is 2.31. The Hall–Kier alpha value is -3.32. The second-order valence-electron chi connectivity index (χ2n) is 9.09. The highest BCUT2D eigenvalue weighted by molar-refractivity contribution is 6.04. The molecule has 0 saturated carbocycles. The number of hydrogen-bond acceptors (Lipinski definition) is 4. The van der Waals surface area contributed by atoms with E-state index in [0.29, 0.717) is 24.6 Å². The van der Waals surface area contributed by atoms with Crippen molar-refractivity contribution in [1.82, 2.24) is 9.88 Å². The van der Waals surface area contributed by atoms with Crippen LogP contribution in [0, 0.1) is 0 Å². The number of nitrogens with one attached hydrogen (secondary N) is 2. The smallest absolute Gasteiger partial charge is 0.241 e. The molecule has 0 radical (unpaired) electrons. The number of benzene rings is 2. The van der Waals surface area contributed by atoms with Crippen LogP contribution in [0.5, 0.6) is 5.75 Å². The number of ether oxygens (including phenoxy) is 1. The number of H-pyrrole nitrogens is 1. The number of likely N-dealkylation sites (tertiary alicyclic amines) is 1. The zero-order chi connectivity index (χ0) is 22.9. The van der Waals surface area contributed by atoms with Crippen LogP contribution in [0.1, 0.15) is 37.7 Å². The van der Waals surface area contributed by atoms with Crippen molar-refractivity contribution in [2.45, 2.75) is 38.1 Å². The molecule has 2 aliphatic rings. The van der Waals surface area contributed by atoms with Crippen LogP contribution in [-0.2, 0) is 9.59 Å². The lowest BCUT2D eigenvalue weighted by Gasteiger charge is -2.34. The number of aromatic nitrogens is 1. The molecule has 172 valence electrons. The molecule has 7 nitrogen and oxygen atoms in total. The average Bonchev–Trinajstić information content (AvgIpc) is 3.18. The molecule has 2 N–H and O–H groups in total. The number of carbonyl (C=O) groups is 2. The van der Waals surface area contributed by atoms with E-state index in [0.717, 1.165) is 42.9 Å². The standard InChI is InChI=1S/C26H30N4O3/c1-17-13-25(31)28-23-5-3-4-6-24(23)30(17)26(32)16-29-11-9-18(10-12-29)21-15-27-22-8-7-19(33-2)14-20(21)22/h3-8,14-15,17-18,27H,9-13,16H2,1-2H3,(H,28,31). The van der Waals surface area contributed by atoms with Crippen molar-refractivity contribution in [2.24, 2.45) is 0 Å². The second-order valence-corrected chi connectivity index (χ2v) is 9.09. The van der Waals surface area contributed by atoms with E-state index in [1.807, 2.05) is 37.3 Å². The second kappa shape index (κ2) is 8.90. The topological polar surface area (TPSA) is 77.7 Å². The molecular formula is C26H30N4O3. The van der Waals surface area contributed by atoms with E-state index < -0.39 is 0 Å². The Bertz CT molecular complexity index is 1180. The maximum Gasteiger partial charge on any atom is 0.241 e. The van der Waals surface area contributed by atoms with E-state index in [4.69, 9.17) is 4.74 Å². The molecule has 1 atom stereocenters. The minimum absolute atomic E-state index is 0.0433. The van der Waals surface area contributed by atoms with Crippen molar-refractivity contribution >= 4 is 34.1 Å². The maximum absolute atomic E-state index is 13.4. The first-order valence-corrected chi connectivity index (χ1v) is 11.6. The van der Waals surface area contributed by atoms with Crippen molar-refractivity contribution in [2.75, 3.05) is 37.0 Å². The van der Waals surface area contributed by atoms with E-state index in [9.17, 15) is 9.59 Å². The van der Waals surface area contributed by atoms with Crippen LogP contribution in [0.25, 0.3) is 10.9 Å². The van der Waals surface area contributed by atoms with Crippen LogP contribution in [0.2, 0.25) is 0 Å². The van der Waals surface area contributed by atoms with Gasteiger partial charge in [0.1, 0.15) is 5.75 Å². The maximum atomic E-state index is 13.4. The van der Waals surface area contributed by atoms with Gasteiger partial charge in [-0.05, 0) is 74.7 Å². The summed E-state index contributed by atoms with van der Waals surface area (Å²) >= 11 is 0. The molecule has 0 spiro atoms. The minimum Gasteiger partial charge on any atom is -0.497 e. The van der Waals surface area contributed by atoms with Gasteiger partial charge in [0.05, 0.1) is 25.0 Å². The number of anilines is 2. The molecule has 3 heterocycles.